The van der Waals surface area contributed by atoms with E-state index >= 15 is 0 Å². The van der Waals surface area contributed by atoms with Crippen molar-refractivity contribution in [3.05, 3.63) is 109 Å². The molecule has 0 aliphatic heterocycles. The van der Waals surface area contributed by atoms with Gasteiger partial charge in [0, 0.05) is 12.8 Å². The van der Waals surface area contributed by atoms with Crippen LogP contribution in [0.2, 0.25) is 0 Å². The fourth-order valence-corrected chi connectivity index (χ4v) is 4.87. The first kappa shape index (κ1) is 48.7. The summed E-state index contributed by atoms with van der Waals surface area (Å²) in [6.45, 7) is 3.36. The average Bonchev–Trinajstić information content (AvgIpc) is 3.11. The van der Waals surface area contributed by atoms with Crippen LogP contribution in [0.3, 0.4) is 0 Å². The van der Waals surface area contributed by atoms with Gasteiger partial charge in [-0.3, -0.25) is 14.1 Å². The van der Waals surface area contributed by atoms with Gasteiger partial charge in [0.2, 0.25) is 0 Å². The fourth-order valence-electron chi connectivity index (χ4n) is 4.51. The minimum Gasteiger partial charge on any atom is -0.462 e. The molecule has 0 amide bonds. The van der Waals surface area contributed by atoms with E-state index in [2.05, 4.69) is 128 Å². The van der Waals surface area contributed by atoms with Crippen LogP contribution in [0.4, 0.5) is 0 Å². The number of hydrogen-bond acceptors (Lipinski definition) is 6. The van der Waals surface area contributed by atoms with Gasteiger partial charge in [0.25, 0.3) is 0 Å². The third-order valence-electron chi connectivity index (χ3n) is 7.29. The van der Waals surface area contributed by atoms with Crippen molar-refractivity contribution in [2.45, 2.75) is 136 Å². The first-order valence-electron chi connectivity index (χ1n) is 19.2. The van der Waals surface area contributed by atoms with Crippen LogP contribution in [-0.2, 0) is 28.2 Å². The molecule has 1 atom stereocenters. The number of rotatable bonds is 33. The van der Waals surface area contributed by atoms with Crippen LogP contribution >= 0.6 is 7.82 Å². The van der Waals surface area contributed by atoms with Gasteiger partial charge in [0.05, 0.1) is 6.61 Å². The van der Waals surface area contributed by atoms with Crippen LogP contribution in [0.1, 0.15) is 129 Å². The van der Waals surface area contributed by atoms with Crippen LogP contribution in [0, 0.1) is 0 Å². The molecule has 0 unspecified atom stereocenters. The molecule has 0 bridgehead atoms. The van der Waals surface area contributed by atoms with Crippen molar-refractivity contribution in [2.75, 3.05) is 13.2 Å². The number of hydrogen-bond donors (Lipinski definition) is 2. The Morgan fingerprint density at radius 3 is 1.29 bits per heavy atom. The van der Waals surface area contributed by atoms with Gasteiger partial charge in [-0.15, -0.1) is 0 Å². The number of ether oxygens (including phenoxy) is 2. The maximum absolute atomic E-state index is 12.4. The van der Waals surface area contributed by atoms with Crippen molar-refractivity contribution in [3.8, 4) is 0 Å². The summed E-state index contributed by atoms with van der Waals surface area (Å²) >= 11 is 0. The van der Waals surface area contributed by atoms with E-state index in [1.807, 2.05) is 0 Å². The Bertz CT molecular complexity index is 1200. The second-order valence-electron chi connectivity index (χ2n) is 12.1. The zero-order valence-electron chi connectivity index (χ0n) is 31.9. The highest BCUT2D eigenvalue weighted by Crippen LogP contribution is 2.35. The largest absolute Gasteiger partial charge is 0.469 e. The molecule has 0 aliphatic rings. The molecule has 292 valence electrons. The van der Waals surface area contributed by atoms with E-state index < -0.39 is 32.5 Å². The highest BCUT2D eigenvalue weighted by Gasteiger charge is 2.22. The predicted molar refractivity (Wildman–Crippen MR) is 216 cm³/mol. The van der Waals surface area contributed by atoms with Crippen LogP contribution in [0.5, 0.6) is 0 Å². The zero-order chi connectivity index (χ0) is 38.2. The first-order valence-corrected chi connectivity index (χ1v) is 20.7. The maximum Gasteiger partial charge on any atom is 0.469 e. The Kier molecular flexibility index (Phi) is 35.1. The molecular formula is C43H67O8P. The van der Waals surface area contributed by atoms with Gasteiger partial charge in [-0.05, 0) is 96.3 Å². The van der Waals surface area contributed by atoms with Crippen molar-refractivity contribution in [2.24, 2.45) is 0 Å². The molecule has 0 radical (unpaired) electrons. The summed E-state index contributed by atoms with van der Waals surface area (Å²) in [5.41, 5.74) is 0. The van der Waals surface area contributed by atoms with Crippen LogP contribution < -0.4 is 0 Å². The lowest BCUT2D eigenvalue weighted by Crippen LogP contribution is -2.29. The van der Waals surface area contributed by atoms with Gasteiger partial charge in [-0.2, -0.15) is 0 Å². The number of allylic oxidation sites excluding steroid dienone is 18. The highest BCUT2D eigenvalue weighted by molar-refractivity contribution is 7.46. The topological polar surface area (TPSA) is 119 Å². The van der Waals surface area contributed by atoms with Crippen molar-refractivity contribution < 1.29 is 37.9 Å². The number of phosphoric acid groups is 1. The third kappa shape index (κ3) is 39.5. The summed E-state index contributed by atoms with van der Waals surface area (Å²) in [6, 6.07) is 0. The second-order valence-corrected chi connectivity index (χ2v) is 13.4. The maximum atomic E-state index is 12.4. The molecule has 0 aromatic heterocycles. The van der Waals surface area contributed by atoms with E-state index in [1.165, 1.54) is 0 Å². The van der Waals surface area contributed by atoms with Crippen molar-refractivity contribution in [1.82, 2.24) is 0 Å². The molecule has 0 spiro atoms. The second kappa shape index (κ2) is 37.5. The van der Waals surface area contributed by atoms with Gasteiger partial charge >= 0.3 is 19.8 Å². The number of phosphoric ester groups is 1. The SMILES string of the molecule is CC/C=C/C/C=C/C/C=C/C/C=C/C/C=C/CCCCCC(=O)O[C@H](COC(=O)CCCC/C=C/C/C=C/C/C=C/C/C=C/CC)COP(=O)(O)O. The Labute approximate surface area is 315 Å². The molecule has 9 heteroatoms. The van der Waals surface area contributed by atoms with Crippen molar-refractivity contribution in [1.29, 1.82) is 0 Å². The van der Waals surface area contributed by atoms with E-state index in [1.54, 1.807) is 0 Å². The average molecular weight is 743 g/mol. The van der Waals surface area contributed by atoms with E-state index in [9.17, 15) is 14.2 Å². The van der Waals surface area contributed by atoms with Crippen LogP contribution in [0.25, 0.3) is 0 Å². The molecule has 0 saturated heterocycles. The third-order valence-corrected chi connectivity index (χ3v) is 7.77. The lowest BCUT2D eigenvalue weighted by molar-refractivity contribution is -0.161. The van der Waals surface area contributed by atoms with E-state index in [-0.39, 0.29) is 19.4 Å². The Balaban J connectivity index is 4.14. The summed E-state index contributed by atoms with van der Waals surface area (Å²) < 4.78 is 26.3. The normalized spacial score (nSPS) is 13.7. The van der Waals surface area contributed by atoms with Crippen molar-refractivity contribution >= 4 is 19.8 Å². The molecule has 0 heterocycles. The summed E-state index contributed by atoms with van der Waals surface area (Å²) in [5.74, 6) is -0.986. The van der Waals surface area contributed by atoms with E-state index in [4.69, 9.17) is 19.3 Å². The Morgan fingerprint density at radius 1 is 0.500 bits per heavy atom. The Hall–Kier alpha value is -3.29. The molecule has 52 heavy (non-hydrogen) atoms. The molecular weight excluding hydrogens is 675 g/mol. The summed E-state index contributed by atoms with van der Waals surface area (Å²) in [5, 5.41) is 0. The Morgan fingerprint density at radius 2 is 0.865 bits per heavy atom. The van der Waals surface area contributed by atoms with Crippen LogP contribution in [-0.4, -0.2) is 41.0 Å². The molecule has 0 saturated carbocycles. The molecule has 8 nitrogen and oxygen atoms in total. The van der Waals surface area contributed by atoms with E-state index in [0.717, 1.165) is 89.9 Å². The van der Waals surface area contributed by atoms with E-state index in [0.29, 0.717) is 12.8 Å². The summed E-state index contributed by atoms with van der Waals surface area (Å²) in [6.07, 6.45) is 52.4. The fraction of sp³-hybridized carbons (Fsp3) is 0.535. The van der Waals surface area contributed by atoms with Gasteiger partial charge < -0.3 is 19.3 Å². The van der Waals surface area contributed by atoms with Gasteiger partial charge in [0.15, 0.2) is 6.10 Å². The standard InChI is InChI=1S/C43H67O8P/c1-3-5-7-9-11-13-15-17-19-20-21-22-24-26-28-30-32-34-36-38-43(45)51-41(40-50-52(46,47)48)39-49-42(44)37-35-33-31-29-27-25-23-18-16-14-12-10-8-6-4-2/h5-8,11-14,17-19,21-23,26-29,41H,3-4,9-10,15-16,20,24-25,30-40H2,1-2H3,(H2,46,47,48)/b7-5+,8-6+,13-11+,14-12+,19-17+,22-21+,23-18+,28-26+,29-27+/t41-/m1/s1. The number of unbranched alkanes of at least 4 members (excludes halogenated alkanes) is 5. The zero-order valence-corrected chi connectivity index (χ0v) is 32.8. The van der Waals surface area contributed by atoms with Gasteiger partial charge in [0.1, 0.15) is 6.61 Å². The molecule has 0 aromatic carbocycles. The smallest absolute Gasteiger partial charge is 0.462 e. The van der Waals surface area contributed by atoms with Crippen LogP contribution in [0.15, 0.2) is 109 Å². The summed E-state index contributed by atoms with van der Waals surface area (Å²) in [7, 11) is -4.78. The first-order chi connectivity index (χ1) is 25.3. The molecule has 2 N–H and O–H groups in total. The molecule has 0 aliphatic carbocycles. The quantitative estimate of drug-likeness (QED) is 0.0295. The van der Waals surface area contributed by atoms with Crippen molar-refractivity contribution in [3.63, 3.8) is 0 Å². The monoisotopic (exact) mass is 742 g/mol. The lowest BCUT2D eigenvalue weighted by Gasteiger charge is -2.18. The highest BCUT2D eigenvalue weighted by atomic mass is 31.2. The minimum atomic E-state index is -4.78. The lowest BCUT2D eigenvalue weighted by atomic mass is 10.1. The predicted octanol–water partition coefficient (Wildman–Crippen LogP) is 11.6. The molecule has 0 rings (SSSR count). The molecule has 0 fully saturated rings. The van der Waals surface area contributed by atoms with Gasteiger partial charge in [-0.25, -0.2) is 4.57 Å². The molecule has 0 aromatic rings. The van der Waals surface area contributed by atoms with Gasteiger partial charge in [-0.1, -0.05) is 130 Å². The number of carbonyl (C=O) groups excluding carboxylic acids is 2. The minimum absolute atomic E-state index is 0.156. The number of carbonyl (C=O) groups is 2. The number of esters is 2. The summed E-state index contributed by atoms with van der Waals surface area (Å²) in [4.78, 5) is 42.7.